The number of aryl methyl sites for hydroxylation is 1. The van der Waals surface area contributed by atoms with Gasteiger partial charge in [-0.2, -0.15) is 0 Å². The number of rotatable bonds is 7. The molecule has 0 aliphatic rings. The molecule has 2 aromatic rings. The second-order valence-electron chi connectivity index (χ2n) is 6.38. The van der Waals surface area contributed by atoms with Gasteiger partial charge >= 0.3 is 0 Å². The molecule has 1 atom stereocenters. The Labute approximate surface area is 154 Å². The third-order valence-electron chi connectivity index (χ3n) is 4.01. The molecule has 1 unspecified atom stereocenters. The number of carbonyl (C=O) groups is 2. The maximum atomic E-state index is 12.4. The van der Waals surface area contributed by atoms with Crippen molar-refractivity contribution < 1.29 is 19.2 Å². The van der Waals surface area contributed by atoms with Gasteiger partial charge in [0.15, 0.2) is 6.54 Å². The average Bonchev–Trinajstić information content (AvgIpc) is 2.56. The second-order valence-corrected chi connectivity index (χ2v) is 6.38. The van der Waals surface area contributed by atoms with E-state index in [1.807, 2.05) is 19.2 Å². The van der Waals surface area contributed by atoms with Crippen LogP contribution in [0.25, 0.3) is 0 Å². The monoisotopic (exact) mass is 356 g/mol. The highest BCUT2D eigenvalue weighted by atomic mass is 16.5. The van der Waals surface area contributed by atoms with Gasteiger partial charge in [-0.15, -0.1) is 0 Å². The molecule has 2 rings (SSSR count). The van der Waals surface area contributed by atoms with Crippen molar-refractivity contribution in [2.75, 3.05) is 31.3 Å². The Hall–Kier alpha value is -2.86. The normalized spacial score (nSPS) is 11.5. The standard InChI is InChI=1S/C20H25N3O3/c1-14-7-5-6-8-16(14)12-23(3)13-20(25)22-18-11-17(21-15(2)24)9-10-19(18)26-4/h5-11H,12-13H2,1-4H3,(H,21,24)(H,22,25)/p+1. The van der Waals surface area contributed by atoms with Crippen molar-refractivity contribution in [3.63, 3.8) is 0 Å². The molecular formula is C20H26N3O3+. The van der Waals surface area contributed by atoms with Crippen molar-refractivity contribution in [1.82, 2.24) is 0 Å². The van der Waals surface area contributed by atoms with E-state index in [-0.39, 0.29) is 11.8 Å². The molecule has 3 N–H and O–H groups in total. The average molecular weight is 356 g/mol. The maximum absolute atomic E-state index is 12.4. The first kappa shape index (κ1) is 19.5. The number of quaternary nitrogens is 1. The molecule has 0 radical (unpaired) electrons. The van der Waals surface area contributed by atoms with Gasteiger partial charge in [0.25, 0.3) is 5.91 Å². The van der Waals surface area contributed by atoms with Gasteiger partial charge in [0, 0.05) is 18.2 Å². The first-order valence-corrected chi connectivity index (χ1v) is 8.50. The quantitative estimate of drug-likeness (QED) is 0.706. The second kappa shape index (κ2) is 9.01. The molecule has 6 nitrogen and oxygen atoms in total. The van der Waals surface area contributed by atoms with Gasteiger partial charge < -0.3 is 20.3 Å². The van der Waals surface area contributed by atoms with Crippen molar-refractivity contribution in [2.24, 2.45) is 0 Å². The van der Waals surface area contributed by atoms with Crippen LogP contribution in [-0.4, -0.2) is 32.5 Å². The molecule has 0 bridgehead atoms. The molecule has 0 saturated carbocycles. The highest BCUT2D eigenvalue weighted by Crippen LogP contribution is 2.27. The van der Waals surface area contributed by atoms with Crippen LogP contribution in [0.15, 0.2) is 42.5 Å². The molecule has 0 aliphatic heterocycles. The number of carbonyl (C=O) groups excluding carboxylic acids is 2. The van der Waals surface area contributed by atoms with Crippen LogP contribution in [0.1, 0.15) is 18.1 Å². The van der Waals surface area contributed by atoms with Crippen molar-refractivity contribution in [3.8, 4) is 5.75 Å². The highest BCUT2D eigenvalue weighted by Gasteiger charge is 2.14. The molecule has 26 heavy (non-hydrogen) atoms. The number of benzene rings is 2. The summed E-state index contributed by atoms with van der Waals surface area (Å²) >= 11 is 0. The van der Waals surface area contributed by atoms with Gasteiger partial charge in [0.2, 0.25) is 5.91 Å². The molecule has 2 amide bonds. The van der Waals surface area contributed by atoms with Crippen LogP contribution in [-0.2, 0) is 16.1 Å². The number of nitrogens with one attached hydrogen (secondary N) is 3. The fourth-order valence-electron chi connectivity index (χ4n) is 2.75. The van der Waals surface area contributed by atoms with Crippen LogP contribution in [0, 0.1) is 6.92 Å². The number of hydrogen-bond donors (Lipinski definition) is 3. The summed E-state index contributed by atoms with van der Waals surface area (Å²) in [6.45, 7) is 4.60. The van der Waals surface area contributed by atoms with E-state index in [4.69, 9.17) is 4.74 Å². The van der Waals surface area contributed by atoms with Gasteiger partial charge in [-0.05, 0) is 30.7 Å². The molecule has 0 saturated heterocycles. The zero-order valence-electron chi connectivity index (χ0n) is 15.7. The molecule has 0 aromatic heterocycles. The predicted molar refractivity (Wildman–Crippen MR) is 103 cm³/mol. The van der Waals surface area contributed by atoms with E-state index >= 15 is 0 Å². The minimum atomic E-state index is -0.171. The molecule has 138 valence electrons. The highest BCUT2D eigenvalue weighted by molar-refractivity contribution is 5.95. The van der Waals surface area contributed by atoms with E-state index in [0.717, 1.165) is 11.4 Å². The zero-order chi connectivity index (χ0) is 19.1. The largest absolute Gasteiger partial charge is 0.495 e. The summed E-state index contributed by atoms with van der Waals surface area (Å²) in [6.07, 6.45) is 0. The summed E-state index contributed by atoms with van der Waals surface area (Å²) in [5, 5.41) is 5.57. The maximum Gasteiger partial charge on any atom is 0.279 e. The lowest BCUT2D eigenvalue weighted by Gasteiger charge is -2.16. The van der Waals surface area contributed by atoms with Gasteiger partial charge in [0.05, 0.1) is 19.8 Å². The van der Waals surface area contributed by atoms with Gasteiger partial charge in [-0.1, -0.05) is 24.3 Å². The predicted octanol–water partition coefficient (Wildman–Crippen LogP) is 1.62. The molecule has 2 aromatic carbocycles. The zero-order valence-corrected chi connectivity index (χ0v) is 15.7. The molecular weight excluding hydrogens is 330 g/mol. The van der Waals surface area contributed by atoms with E-state index in [1.54, 1.807) is 25.3 Å². The molecule has 0 heterocycles. The van der Waals surface area contributed by atoms with Gasteiger partial charge in [-0.25, -0.2) is 0 Å². The SMILES string of the molecule is COc1ccc(NC(C)=O)cc1NC(=O)C[NH+](C)Cc1ccccc1C. The van der Waals surface area contributed by atoms with Crippen molar-refractivity contribution in [1.29, 1.82) is 0 Å². The number of amides is 2. The third-order valence-corrected chi connectivity index (χ3v) is 4.01. The topological polar surface area (TPSA) is 71.9 Å². The lowest BCUT2D eigenvalue weighted by molar-refractivity contribution is -0.885. The van der Waals surface area contributed by atoms with E-state index in [1.165, 1.54) is 18.1 Å². The molecule has 0 fully saturated rings. The van der Waals surface area contributed by atoms with Gasteiger partial charge in [-0.3, -0.25) is 9.59 Å². The summed E-state index contributed by atoms with van der Waals surface area (Å²) in [6, 6.07) is 13.3. The fraction of sp³-hybridized carbons (Fsp3) is 0.300. The smallest absolute Gasteiger partial charge is 0.279 e. The lowest BCUT2D eigenvalue weighted by Crippen LogP contribution is -3.08. The number of ether oxygens (including phenoxy) is 1. The Balaban J connectivity index is 2.02. The first-order valence-electron chi connectivity index (χ1n) is 8.50. The Morgan fingerprint density at radius 2 is 1.85 bits per heavy atom. The number of methoxy groups -OCH3 is 1. The molecule has 6 heteroatoms. The Bertz CT molecular complexity index is 790. The number of hydrogen-bond acceptors (Lipinski definition) is 3. The van der Waals surface area contributed by atoms with Crippen LogP contribution in [0.5, 0.6) is 5.75 Å². The van der Waals surface area contributed by atoms with E-state index < -0.39 is 0 Å². The van der Waals surface area contributed by atoms with Crippen LogP contribution in [0.2, 0.25) is 0 Å². The van der Waals surface area contributed by atoms with Crippen LogP contribution < -0.4 is 20.3 Å². The summed E-state index contributed by atoms with van der Waals surface area (Å²) in [5.41, 5.74) is 3.58. The van der Waals surface area contributed by atoms with Crippen molar-refractivity contribution >= 4 is 23.2 Å². The van der Waals surface area contributed by atoms with Crippen LogP contribution >= 0.6 is 0 Å². The Morgan fingerprint density at radius 1 is 1.12 bits per heavy atom. The number of likely N-dealkylation sites (N-methyl/N-ethyl adjacent to an activating group) is 1. The van der Waals surface area contributed by atoms with Crippen molar-refractivity contribution in [2.45, 2.75) is 20.4 Å². The van der Waals surface area contributed by atoms with E-state index in [9.17, 15) is 9.59 Å². The third kappa shape index (κ3) is 5.60. The fourth-order valence-corrected chi connectivity index (χ4v) is 2.75. The summed E-state index contributed by atoms with van der Waals surface area (Å²) in [7, 11) is 3.52. The molecule has 0 spiro atoms. The Morgan fingerprint density at radius 3 is 2.50 bits per heavy atom. The van der Waals surface area contributed by atoms with Crippen LogP contribution in [0.4, 0.5) is 11.4 Å². The minimum absolute atomic E-state index is 0.116. The first-order chi connectivity index (χ1) is 12.4. The van der Waals surface area contributed by atoms with Crippen LogP contribution in [0.3, 0.4) is 0 Å². The summed E-state index contributed by atoms with van der Waals surface area (Å²) in [4.78, 5) is 24.7. The molecule has 0 aliphatic carbocycles. The van der Waals surface area contributed by atoms with E-state index in [0.29, 0.717) is 23.7 Å². The van der Waals surface area contributed by atoms with Gasteiger partial charge in [0.1, 0.15) is 12.3 Å². The lowest BCUT2D eigenvalue weighted by atomic mass is 10.1. The summed E-state index contributed by atoms with van der Waals surface area (Å²) in [5.74, 6) is 0.258. The number of anilines is 2. The Kier molecular flexibility index (Phi) is 6.74. The van der Waals surface area contributed by atoms with Crippen molar-refractivity contribution in [3.05, 3.63) is 53.6 Å². The summed E-state index contributed by atoms with van der Waals surface area (Å²) < 4.78 is 5.29. The van der Waals surface area contributed by atoms with E-state index in [2.05, 4.69) is 29.7 Å². The minimum Gasteiger partial charge on any atom is -0.495 e.